The zero-order chi connectivity index (χ0) is 15.1. The van der Waals surface area contributed by atoms with E-state index in [0.29, 0.717) is 24.0 Å². The molecule has 1 aromatic heterocycles. The number of halogens is 1. The summed E-state index contributed by atoms with van der Waals surface area (Å²) in [5, 5.41) is 3.01. The van der Waals surface area contributed by atoms with E-state index in [4.69, 9.17) is 15.2 Å². The number of ether oxygens (including phenoxy) is 2. The first kappa shape index (κ1) is 18.0. The second-order valence-electron chi connectivity index (χ2n) is 4.26. The normalized spacial score (nSPS) is 10.5. The van der Waals surface area contributed by atoms with E-state index in [-0.39, 0.29) is 24.0 Å². The molecule has 2 rings (SSSR count). The van der Waals surface area contributed by atoms with Crippen LogP contribution in [0.25, 0.3) is 0 Å². The Morgan fingerprint density at radius 1 is 1.23 bits per heavy atom. The topological polar surface area (TPSA) is 81.8 Å². The summed E-state index contributed by atoms with van der Waals surface area (Å²) >= 11 is 0. The predicted octanol–water partition coefficient (Wildman–Crippen LogP) is 2.64. The van der Waals surface area contributed by atoms with Crippen molar-refractivity contribution in [3.8, 4) is 11.5 Å². The molecule has 1 heterocycles. The zero-order valence-corrected chi connectivity index (χ0v) is 14.8. The van der Waals surface area contributed by atoms with Crippen LogP contribution in [0.15, 0.2) is 47.7 Å². The first-order chi connectivity index (χ1) is 10.2. The smallest absolute Gasteiger partial charge is 0.193 e. The number of methoxy groups -OCH3 is 2. The fourth-order valence-corrected chi connectivity index (χ4v) is 1.77. The van der Waals surface area contributed by atoms with Crippen LogP contribution in [-0.2, 0) is 6.54 Å². The van der Waals surface area contributed by atoms with E-state index in [1.54, 1.807) is 38.7 Å². The van der Waals surface area contributed by atoms with Gasteiger partial charge in [-0.2, -0.15) is 0 Å². The molecule has 1 aromatic carbocycles. The van der Waals surface area contributed by atoms with Crippen molar-refractivity contribution in [1.82, 2.24) is 4.98 Å². The highest BCUT2D eigenvalue weighted by Crippen LogP contribution is 2.29. The number of benzene rings is 1. The molecule has 0 saturated carbocycles. The first-order valence-electron chi connectivity index (χ1n) is 6.41. The van der Waals surface area contributed by atoms with Gasteiger partial charge in [0.15, 0.2) is 17.5 Å². The van der Waals surface area contributed by atoms with Crippen LogP contribution < -0.4 is 20.5 Å². The Bertz CT molecular complexity index is 620. The molecule has 0 aliphatic carbocycles. The van der Waals surface area contributed by atoms with Gasteiger partial charge in [-0.25, -0.2) is 4.99 Å². The number of pyridine rings is 1. The van der Waals surface area contributed by atoms with Crippen molar-refractivity contribution in [3.63, 3.8) is 0 Å². The highest BCUT2D eigenvalue weighted by molar-refractivity contribution is 14.0. The molecule has 0 aliphatic rings. The lowest BCUT2D eigenvalue weighted by molar-refractivity contribution is 0.355. The van der Waals surface area contributed by atoms with Crippen molar-refractivity contribution < 1.29 is 9.47 Å². The summed E-state index contributed by atoms with van der Waals surface area (Å²) in [4.78, 5) is 8.29. The molecule has 0 radical (unpaired) electrons. The molecule has 22 heavy (non-hydrogen) atoms. The molecule has 7 heteroatoms. The number of aromatic nitrogens is 1. The highest BCUT2D eigenvalue weighted by atomic mass is 127. The summed E-state index contributed by atoms with van der Waals surface area (Å²) in [6.07, 6.45) is 3.48. The summed E-state index contributed by atoms with van der Waals surface area (Å²) < 4.78 is 10.4. The van der Waals surface area contributed by atoms with Crippen LogP contribution >= 0.6 is 24.0 Å². The van der Waals surface area contributed by atoms with E-state index in [1.165, 1.54) is 0 Å². The maximum atomic E-state index is 5.86. The maximum Gasteiger partial charge on any atom is 0.193 e. The van der Waals surface area contributed by atoms with E-state index in [2.05, 4.69) is 15.3 Å². The molecule has 0 bridgehead atoms. The number of rotatable bonds is 5. The van der Waals surface area contributed by atoms with E-state index >= 15 is 0 Å². The Kier molecular flexibility index (Phi) is 7.44. The average molecular weight is 414 g/mol. The van der Waals surface area contributed by atoms with Gasteiger partial charge in [-0.1, -0.05) is 6.07 Å². The number of nitrogens with one attached hydrogen (secondary N) is 1. The van der Waals surface area contributed by atoms with Crippen molar-refractivity contribution in [1.29, 1.82) is 0 Å². The number of nitrogens with two attached hydrogens (primary N) is 1. The number of anilines is 1. The maximum absolute atomic E-state index is 5.86. The van der Waals surface area contributed by atoms with Gasteiger partial charge in [0.2, 0.25) is 0 Å². The monoisotopic (exact) mass is 414 g/mol. The molecular formula is C15H19IN4O2. The van der Waals surface area contributed by atoms with E-state index < -0.39 is 0 Å². The third kappa shape index (κ3) is 5.06. The fraction of sp³-hybridized carbons (Fsp3) is 0.200. The Morgan fingerprint density at radius 3 is 2.64 bits per heavy atom. The van der Waals surface area contributed by atoms with Crippen LogP contribution in [-0.4, -0.2) is 25.2 Å². The molecule has 0 spiro atoms. The van der Waals surface area contributed by atoms with Crippen molar-refractivity contribution in [2.24, 2.45) is 10.7 Å². The Labute approximate surface area is 146 Å². The van der Waals surface area contributed by atoms with Crippen LogP contribution in [0.2, 0.25) is 0 Å². The number of guanidine groups is 1. The fourth-order valence-electron chi connectivity index (χ4n) is 1.77. The quantitative estimate of drug-likeness (QED) is 0.447. The largest absolute Gasteiger partial charge is 0.493 e. The van der Waals surface area contributed by atoms with Crippen molar-refractivity contribution in [2.75, 3.05) is 19.5 Å². The van der Waals surface area contributed by atoms with Gasteiger partial charge < -0.3 is 20.5 Å². The van der Waals surface area contributed by atoms with Crippen LogP contribution in [0.3, 0.4) is 0 Å². The molecule has 0 aliphatic heterocycles. The number of aliphatic imine (C=N–C) groups is 1. The number of hydrogen-bond donors (Lipinski definition) is 2. The minimum atomic E-state index is 0. The molecule has 2 aromatic rings. The standard InChI is InChI=1S/C15H18N4O2.HI/c1-20-13-6-5-12(8-14(13)21-2)19-15(16)18-10-11-4-3-7-17-9-11;/h3-9H,10H2,1-2H3,(H3,16,18,19);1H. The van der Waals surface area contributed by atoms with E-state index in [1.807, 2.05) is 18.2 Å². The molecule has 6 nitrogen and oxygen atoms in total. The number of nitrogens with zero attached hydrogens (tertiary/aromatic N) is 2. The van der Waals surface area contributed by atoms with Crippen LogP contribution in [0.4, 0.5) is 5.69 Å². The van der Waals surface area contributed by atoms with Gasteiger partial charge in [0.1, 0.15) is 0 Å². The summed E-state index contributed by atoms with van der Waals surface area (Å²) in [5.74, 6) is 1.61. The molecule has 0 unspecified atom stereocenters. The number of hydrogen-bond acceptors (Lipinski definition) is 4. The van der Waals surface area contributed by atoms with Crippen molar-refractivity contribution >= 4 is 35.6 Å². The minimum absolute atomic E-state index is 0. The summed E-state index contributed by atoms with van der Waals surface area (Å²) in [5.41, 5.74) is 7.63. The summed E-state index contributed by atoms with van der Waals surface area (Å²) in [7, 11) is 3.18. The molecule has 0 saturated heterocycles. The highest BCUT2D eigenvalue weighted by Gasteiger charge is 2.04. The van der Waals surface area contributed by atoms with Gasteiger partial charge in [0.25, 0.3) is 0 Å². The van der Waals surface area contributed by atoms with Gasteiger partial charge in [0.05, 0.1) is 20.8 Å². The Balaban J connectivity index is 0.00000242. The SMILES string of the molecule is COc1ccc(NC(N)=NCc2cccnc2)cc1OC.I. The Morgan fingerprint density at radius 2 is 2.00 bits per heavy atom. The van der Waals surface area contributed by atoms with E-state index in [9.17, 15) is 0 Å². The van der Waals surface area contributed by atoms with Crippen LogP contribution in [0.5, 0.6) is 11.5 Å². The predicted molar refractivity (Wildman–Crippen MR) is 98.1 cm³/mol. The lowest BCUT2D eigenvalue weighted by Crippen LogP contribution is -2.22. The third-order valence-electron chi connectivity index (χ3n) is 2.81. The minimum Gasteiger partial charge on any atom is -0.493 e. The average Bonchev–Trinajstić information content (AvgIpc) is 2.53. The summed E-state index contributed by atoms with van der Waals surface area (Å²) in [6.45, 7) is 0.472. The summed E-state index contributed by atoms with van der Waals surface area (Å²) in [6, 6.07) is 9.25. The van der Waals surface area contributed by atoms with Gasteiger partial charge in [0, 0.05) is 24.1 Å². The molecule has 0 fully saturated rings. The lowest BCUT2D eigenvalue weighted by atomic mass is 10.2. The van der Waals surface area contributed by atoms with Gasteiger partial charge in [-0.15, -0.1) is 24.0 Å². The van der Waals surface area contributed by atoms with Gasteiger partial charge in [-0.3, -0.25) is 4.98 Å². The molecule has 118 valence electrons. The van der Waals surface area contributed by atoms with Crippen molar-refractivity contribution in [2.45, 2.75) is 6.54 Å². The molecule has 0 amide bonds. The molecular weight excluding hydrogens is 395 g/mol. The van der Waals surface area contributed by atoms with Crippen LogP contribution in [0.1, 0.15) is 5.56 Å². The second kappa shape index (κ2) is 9.08. The van der Waals surface area contributed by atoms with Gasteiger partial charge in [-0.05, 0) is 23.8 Å². The second-order valence-corrected chi connectivity index (χ2v) is 4.26. The van der Waals surface area contributed by atoms with Gasteiger partial charge >= 0.3 is 0 Å². The lowest BCUT2D eigenvalue weighted by Gasteiger charge is -2.10. The first-order valence-corrected chi connectivity index (χ1v) is 6.41. The van der Waals surface area contributed by atoms with E-state index in [0.717, 1.165) is 11.3 Å². The molecule has 3 N–H and O–H groups in total. The third-order valence-corrected chi connectivity index (χ3v) is 2.81. The van der Waals surface area contributed by atoms with Crippen LogP contribution in [0, 0.1) is 0 Å². The van der Waals surface area contributed by atoms with Crippen molar-refractivity contribution in [3.05, 3.63) is 48.3 Å². The zero-order valence-electron chi connectivity index (χ0n) is 12.4. The molecule has 0 atom stereocenters. The Hall–Kier alpha value is -2.03.